The van der Waals surface area contributed by atoms with E-state index in [1.54, 1.807) is 12.1 Å². The van der Waals surface area contributed by atoms with Crippen LogP contribution in [-0.4, -0.2) is 11.1 Å². The van der Waals surface area contributed by atoms with Crippen molar-refractivity contribution in [3.63, 3.8) is 0 Å². The highest BCUT2D eigenvalue weighted by Gasteiger charge is 2.23. The van der Waals surface area contributed by atoms with Crippen LogP contribution < -0.4 is 0 Å². The van der Waals surface area contributed by atoms with Crippen LogP contribution in [0.2, 0.25) is 5.02 Å². The lowest BCUT2D eigenvalue weighted by atomic mass is 9.77. The first-order valence-corrected chi connectivity index (χ1v) is 5.75. The zero-order valence-electron chi connectivity index (χ0n) is 8.82. The van der Waals surface area contributed by atoms with Crippen LogP contribution in [0.15, 0.2) is 30.3 Å². The van der Waals surface area contributed by atoms with E-state index in [4.69, 9.17) is 16.7 Å². The van der Waals surface area contributed by atoms with Crippen LogP contribution >= 0.6 is 11.6 Å². The molecule has 0 bridgehead atoms. The van der Waals surface area contributed by atoms with Crippen molar-refractivity contribution >= 4 is 23.1 Å². The van der Waals surface area contributed by atoms with E-state index in [1.807, 2.05) is 12.1 Å². The highest BCUT2D eigenvalue weighted by Crippen LogP contribution is 2.38. The fourth-order valence-electron chi connectivity index (χ4n) is 1.93. The number of benzene rings is 1. The molecule has 0 saturated heterocycles. The van der Waals surface area contributed by atoms with Gasteiger partial charge >= 0.3 is 5.97 Å². The average Bonchev–Trinajstić information content (AvgIpc) is 2.14. The van der Waals surface area contributed by atoms with Gasteiger partial charge in [-0.15, -0.1) is 0 Å². The van der Waals surface area contributed by atoms with E-state index in [2.05, 4.69) is 0 Å². The molecule has 2 nitrogen and oxygen atoms in total. The fourth-order valence-corrected chi connectivity index (χ4v) is 2.06. The zero-order valence-corrected chi connectivity index (χ0v) is 9.57. The van der Waals surface area contributed by atoms with E-state index in [9.17, 15) is 4.79 Å². The van der Waals surface area contributed by atoms with Gasteiger partial charge in [0.2, 0.25) is 0 Å². The molecule has 0 heterocycles. The van der Waals surface area contributed by atoms with Crippen molar-refractivity contribution in [2.75, 3.05) is 0 Å². The molecule has 0 aromatic heterocycles. The molecule has 2 rings (SSSR count). The van der Waals surface area contributed by atoms with Gasteiger partial charge in [-0.2, -0.15) is 0 Å². The molecule has 1 fully saturated rings. The Balaban J connectivity index is 2.31. The highest BCUT2D eigenvalue weighted by molar-refractivity contribution is 6.30. The predicted molar refractivity (Wildman–Crippen MR) is 64.4 cm³/mol. The van der Waals surface area contributed by atoms with Crippen LogP contribution in [0.5, 0.6) is 0 Å². The Labute approximate surface area is 99.5 Å². The maximum absolute atomic E-state index is 10.8. The van der Waals surface area contributed by atoms with E-state index in [-0.39, 0.29) is 0 Å². The number of carboxylic acids is 1. The minimum atomic E-state index is -0.878. The first-order valence-electron chi connectivity index (χ1n) is 5.37. The summed E-state index contributed by atoms with van der Waals surface area (Å²) < 4.78 is 0. The Morgan fingerprint density at radius 2 is 1.94 bits per heavy atom. The summed E-state index contributed by atoms with van der Waals surface area (Å²) in [5, 5.41) is 9.54. The smallest absolute Gasteiger partial charge is 0.328 e. The van der Waals surface area contributed by atoms with Crippen molar-refractivity contribution in [3.05, 3.63) is 40.9 Å². The molecule has 1 aromatic rings. The van der Waals surface area contributed by atoms with Crippen molar-refractivity contribution in [2.24, 2.45) is 5.92 Å². The van der Waals surface area contributed by atoms with Gasteiger partial charge in [0, 0.05) is 11.1 Å². The van der Waals surface area contributed by atoms with Crippen LogP contribution in [0.3, 0.4) is 0 Å². The third-order valence-corrected chi connectivity index (χ3v) is 3.25. The lowest BCUT2D eigenvalue weighted by Crippen LogP contribution is -2.14. The third kappa shape index (κ3) is 2.45. The van der Waals surface area contributed by atoms with Crippen molar-refractivity contribution < 1.29 is 9.90 Å². The second kappa shape index (κ2) is 4.71. The predicted octanol–water partition coefficient (Wildman–Crippen LogP) is 3.61. The standard InChI is InChI=1S/C13H13ClO2/c14-11-6-4-10(5-7-11)12(8-13(15)16)9-2-1-3-9/h4-9H,1-3H2,(H,15,16)/b12-8+. The van der Waals surface area contributed by atoms with Crippen LogP contribution in [0.4, 0.5) is 0 Å². The van der Waals surface area contributed by atoms with Gasteiger partial charge in [-0.05, 0) is 42.0 Å². The van der Waals surface area contributed by atoms with Gasteiger partial charge in [-0.3, -0.25) is 0 Å². The number of halogens is 1. The van der Waals surface area contributed by atoms with Gasteiger partial charge in [0.05, 0.1) is 0 Å². The van der Waals surface area contributed by atoms with Gasteiger partial charge in [0.1, 0.15) is 0 Å². The van der Waals surface area contributed by atoms with Crippen LogP contribution in [0, 0.1) is 5.92 Å². The Morgan fingerprint density at radius 1 is 1.31 bits per heavy atom. The van der Waals surface area contributed by atoms with Gasteiger partial charge in [-0.25, -0.2) is 4.79 Å². The van der Waals surface area contributed by atoms with E-state index in [1.165, 1.54) is 12.5 Å². The highest BCUT2D eigenvalue weighted by atomic mass is 35.5. The Hall–Kier alpha value is -1.28. The number of aliphatic carboxylic acids is 1. The van der Waals surface area contributed by atoms with E-state index >= 15 is 0 Å². The molecule has 16 heavy (non-hydrogen) atoms. The molecule has 1 aliphatic rings. The van der Waals surface area contributed by atoms with Crippen molar-refractivity contribution in [2.45, 2.75) is 19.3 Å². The van der Waals surface area contributed by atoms with Gasteiger partial charge in [0.25, 0.3) is 0 Å². The number of carboxylic acid groups (broad SMARTS) is 1. The second-order valence-corrected chi connectivity index (χ2v) is 4.51. The molecular formula is C13H13ClO2. The Kier molecular flexibility index (Phi) is 3.30. The number of hydrogen-bond donors (Lipinski definition) is 1. The Morgan fingerprint density at radius 3 is 2.38 bits per heavy atom. The topological polar surface area (TPSA) is 37.3 Å². The van der Waals surface area contributed by atoms with Crippen LogP contribution in [0.25, 0.3) is 5.57 Å². The van der Waals surface area contributed by atoms with Crippen molar-refractivity contribution in [1.82, 2.24) is 0 Å². The molecule has 0 radical (unpaired) electrons. The molecule has 0 spiro atoms. The summed E-state index contributed by atoms with van der Waals surface area (Å²) >= 11 is 5.81. The molecule has 84 valence electrons. The lowest BCUT2D eigenvalue weighted by Gasteiger charge is -2.28. The zero-order chi connectivity index (χ0) is 11.5. The molecule has 0 atom stereocenters. The maximum Gasteiger partial charge on any atom is 0.328 e. The monoisotopic (exact) mass is 236 g/mol. The van der Waals surface area contributed by atoms with E-state index in [0.717, 1.165) is 24.0 Å². The average molecular weight is 237 g/mol. The molecule has 0 amide bonds. The molecule has 1 saturated carbocycles. The minimum Gasteiger partial charge on any atom is -0.478 e. The van der Waals surface area contributed by atoms with E-state index in [0.29, 0.717) is 10.9 Å². The summed E-state index contributed by atoms with van der Waals surface area (Å²) in [5.41, 5.74) is 1.90. The molecule has 0 aliphatic heterocycles. The summed E-state index contributed by atoms with van der Waals surface area (Å²) in [4.78, 5) is 10.8. The summed E-state index contributed by atoms with van der Waals surface area (Å²) in [5.74, 6) is -0.478. The van der Waals surface area contributed by atoms with Crippen LogP contribution in [0.1, 0.15) is 24.8 Å². The first kappa shape index (κ1) is 11.2. The van der Waals surface area contributed by atoms with Gasteiger partial charge < -0.3 is 5.11 Å². The number of allylic oxidation sites excluding steroid dienone is 1. The van der Waals surface area contributed by atoms with Gasteiger partial charge in [-0.1, -0.05) is 30.2 Å². The SMILES string of the molecule is O=C(O)/C=C(/c1ccc(Cl)cc1)C1CCC1. The fraction of sp³-hybridized carbons (Fsp3) is 0.308. The number of rotatable bonds is 3. The van der Waals surface area contributed by atoms with Crippen molar-refractivity contribution in [1.29, 1.82) is 0 Å². The van der Waals surface area contributed by atoms with E-state index < -0.39 is 5.97 Å². The first-order chi connectivity index (χ1) is 7.66. The maximum atomic E-state index is 10.8. The molecule has 1 aliphatic carbocycles. The molecule has 3 heteroatoms. The Bertz CT molecular complexity index is 416. The molecule has 0 unspecified atom stereocenters. The molecular weight excluding hydrogens is 224 g/mol. The summed E-state index contributed by atoms with van der Waals surface area (Å²) in [6.45, 7) is 0. The lowest BCUT2D eigenvalue weighted by molar-refractivity contribution is -0.131. The van der Waals surface area contributed by atoms with Gasteiger partial charge in [0.15, 0.2) is 0 Å². The normalized spacial score (nSPS) is 16.9. The third-order valence-electron chi connectivity index (χ3n) is 3.00. The van der Waals surface area contributed by atoms with Crippen molar-refractivity contribution in [3.8, 4) is 0 Å². The summed E-state index contributed by atoms with van der Waals surface area (Å²) in [6.07, 6.45) is 4.69. The largest absolute Gasteiger partial charge is 0.478 e. The second-order valence-electron chi connectivity index (χ2n) is 4.07. The minimum absolute atomic E-state index is 0.400. The van der Waals surface area contributed by atoms with Crippen LogP contribution in [-0.2, 0) is 4.79 Å². The molecule has 1 aromatic carbocycles. The number of carbonyl (C=O) groups is 1. The molecule has 1 N–H and O–H groups in total. The summed E-state index contributed by atoms with van der Waals surface area (Å²) in [6, 6.07) is 7.36. The summed E-state index contributed by atoms with van der Waals surface area (Å²) in [7, 11) is 0. The quantitative estimate of drug-likeness (QED) is 0.814. The number of hydrogen-bond acceptors (Lipinski definition) is 1.